The second kappa shape index (κ2) is 6.62. The first-order valence-corrected chi connectivity index (χ1v) is 7.68. The molecule has 0 atom stereocenters. The van der Waals surface area contributed by atoms with Crippen LogP contribution in [0, 0.1) is 0 Å². The zero-order valence-corrected chi connectivity index (χ0v) is 10.1. The van der Waals surface area contributed by atoms with Gasteiger partial charge >= 0.3 is 10.3 Å². The van der Waals surface area contributed by atoms with E-state index in [-0.39, 0.29) is 0 Å². The zero-order chi connectivity index (χ0) is 11.2. The molecule has 1 fully saturated rings. The van der Waals surface area contributed by atoms with E-state index >= 15 is 0 Å². The Labute approximate surface area is 88.5 Å². The summed E-state index contributed by atoms with van der Waals surface area (Å²) in [6.45, 7) is 0.942. The van der Waals surface area contributed by atoms with E-state index in [4.69, 9.17) is 4.55 Å². The Balaban J connectivity index is 0.000000364. The van der Waals surface area contributed by atoms with Crippen molar-refractivity contribution in [3.05, 3.63) is 0 Å². The summed E-state index contributed by atoms with van der Waals surface area (Å²) in [7, 11) is -3.89. The largest absolute Gasteiger partial charge is 0.617 e. The molecule has 0 aromatic carbocycles. The highest BCUT2D eigenvalue weighted by Crippen LogP contribution is 2.10. The van der Waals surface area contributed by atoms with Gasteiger partial charge in [-0.3, -0.25) is 4.55 Å². The molecule has 1 aliphatic heterocycles. The maximum atomic E-state index is 10.5. The lowest BCUT2D eigenvalue weighted by atomic mass is 10.2. The Hall–Kier alpha value is 0.180. The van der Waals surface area contributed by atoms with Gasteiger partial charge in [-0.1, -0.05) is 17.6 Å². The van der Waals surface area contributed by atoms with Crippen molar-refractivity contribution in [3.63, 3.8) is 0 Å². The Kier molecular flexibility index (Phi) is 6.71. The van der Waals surface area contributed by atoms with Crippen LogP contribution in [0.2, 0.25) is 0 Å². The Morgan fingerprint density at radius 1 is 1.21 bits per heavy atom. The summed E-state index contributed by atoms with van der Waals surface area (Å²) in [4.78, 5) is 0. The van der Waals surface area contributed by atoms with Crippen LogP contribution in [0.5, 0.6) is 0 Å². The van der Waals surface area contributed by atoms with E-state index < -0.39 is 21.5 Å². The van der Waals surface area contributed by atoms with Crippen molar-refractivity contribution in [2.24, 2.45) is 0 Å². The highest BCUT2D eigenvalue weighted by molar-refractivity contribution is 7.89. The highest BCUT2D eigenvalue weighted by atomic mass is 32.2. The lowest BCUT2D eigenvalue weighted by molar-refractivity contribution is 0.308. The molecule has 7 heteroatoms. The molecule has 1 heterocycles. The minimum Gasteiger partial charge on any atom is -0.617 e. The predicted molar refractivity (Wildman–Crippen MR) is 57.0 cm³/mol. The summed E-state index contributed by atoms with van der Waals surface area (Å²) in [5.74, 6) is 0. The highest BCUT2D eigenvalue weighted by Gasteiger charge is 2.20. The van der Waals surface area contributed by atoms with E-state index in [0.29, 0.717) is 13.1 Å². The van der Waals surface area contributed by atoms with E-state index in [2.05, 4.69) is 0 Å². The number of hydrogen-bond acceptors (Lipinski definition) is 3. The third-order valence-electron chi connectivity index (χ3n) is 1.64. The fraction of sp³-hybridized carbons (Fsp3) is 1.00. The molecule has 0 aromatic heterocycles. The van der Waals surface area contributed by atoms with Crippen molar-refractivity contribution in [1.82, 2.24) is 4.31 Å². The molecule has 1 rings (SSSR count). The Bertz CT molecular complexity index is 231. The van der Waals surface area contributed by atoms with Crippen LogP contribution in [0.4, 0.5) is 0 Å². The molecule has 1 saturated heterocycles. The second-order valence-electron chi connectivity index (χ2n) is 3.18. The average molecular weight is 243 g/mol. The first-order chi connectivity index (χ1) is 6.34. The van der Waals surface area contributed by atoms with Crippen LogP contribution in [0.15, 0.2) is 0 Å². The van der Waals surface area contributed by atoms with Gasteiger partial charge in [-0.15, -0.1) is 0 Å². The maximum absolute atomic E-state index is 10.5. The molecule has 0 radical (unpaired) electrons. The second-order valence-corrected chi connectivity index (χ2v) is 6.07. The van der Waals surface area contributed by atoms with Gasteiger partial charge in [0.2, 0.25) is 0 Å². The van der Waals surface area contributed by atoms with Gasteiger partial charge < -0.3 is 4.55 Å². The monoisotopic (exact) mass is 243 g/mol. The number of nitrogens with zero attached hydrogens (tertiary/aromatic N) is 1. The van der Waals surface area contributed by atoms with Gasteiger partial charge in [0.25, 0.3) is 0 Å². The summed E-state index contributed by atoms with van der Waals surface area (Å²) in [6.07, 6.45) is 6.06. The van der Waals surface area contributed by atoms with Crippen molar-refractivity contribution in [2.75, 3.05) is 25.6 Å². The number of rotatable bonds is 1. The van der Waals surface area contributed by atoms with Crippen LogP contribution in [0.25, 0.3) is 0 Å². The lowest BCUT2D eigenvalue weighted by Gasteiger charge is -2.22. The molecule has 1 N–H and O–H groups in total. The SMILES string of the molecule is C[S+](C)[O-].O=S(=O)(O)N1CCCCC1. The van der Waals surface area contributed by atoms with Crippen LogP contribution in [-0.2, 0) is 21.5 Å². The fourth-order valence-electron chi connectivity index (χ4n) is 1.10. The van der Waals surface area contributed by atoms with E-state index in [1.807, 2.05) is 0 Å². The van der Waals surface area contributed by atoms with Gasteiger partial charge in [-0.2, -0.15) is 12.7 Å². The van der Waals surface area contributed by atoms with Gasteiger partial charge in [-0.25, -0.2) is 0 Å². The molecule has 0 spiro atoms. The molecule has 14 heavy (non-hydrogen) atoms. The quantitative estimate of drug-likeness (QED) is 0.529. The maximum Gasteiger partial charge on any atom is 0.335 e. The molecule has 0 unspecified atom stereocenters. The van der Waals surface area contributed by atoms with Gasteiger partial charge in [0.1, 0.15) is 0 Å². The van der Waals surface area contributed by atoms with Crippen molar-refractivity contribution in [3.8, 4) is 0 Å². The minimum atomic E-state index is -3.89. The van der Waals surface area contributed by atoms with E-state index in [1.54, 1.807) is 12.5 Å². The van der Waals surface area contributed by atoms with E-state index in [9.17, 15) is 13.0 Å². The topological polar surface area (TPSA) is 80.7 Å². The third-order valence-corrected chi connectivity index (χ3v) is 2.66. The summed E-state index contributed by atoms with van der Waals surface area (Å²) in [6, 6.07) is 0. The van der Waals surface area contributed by atoms with Crippen molar-refractivity contribution in [2.45, 2.75) is 19.3 Å². The molecule has 1 aliphatic rings. The predicted octanol–water partition coefficient (Wildman–Crippen LogP) is 0.270. The van der Waals surface area contributed by atoms with Crippen LogP contribution >= 0.6 is 0 Å². The minimum absolute atomic E-state index is 0.471. The summed E-state index contributed by atoms with van der Waals surface area (Å²) >= 11 is -0.611. The van der Waals surface area contributed by atoms with Crippen LogP contribution in [0.3, 0.4) is 0 Å². The number of hydrogen-bond donors (Lipinski definition) is 1. The Morgan fingerprint density at radius 3 is 1.79 bits per heavy atom. The molecule has 0 aliphatic carbocycles. The normalized spacial score (nSPS) is 18.9. The lowest BCUT2D eigenvalue weighted by Crippen LogP contribution is -2.34. The van der Waals surface area contributed by atoms with Crippen LogP contribution in [-0.4, -0.2) is 47.4 Å². The smallest absolute Gasteiger partial charge is 0.335 e. The van der Waals surface area contributed by atoms with Crippen LogP contribution in [0.1, 0.15) is 19.3 Å². The van der Waals surface area contributed by atoms with Crippen molar-refractivity contribution in [1.29, 1.82) is 0 Å². The first-order valence-electron chi connectivity index (χ1n) is 4.31. The molecular formula is C7H17NO4S2. The van der Waals surface area contributed by atoms with Gasteiger partial charge in [-0.05, 0) is 12.8 Å². The summed E-state index contributed by atoms with van der Waals surface area (Å²) < 4.78 is 40.1. The molecule has 86 valence electrons. The van der Waals surface area contributed by atoms with Crippen molar-refractivity contribution >= 4 is 21.5 Å². The summed E-state index contributed by atoms with van der Waals surface area (Å²) in [5.41, 5.74) is 0. The zero-order valence-electron chi connectivity index (χ0n) is 8.47. The van der Waals surface area contributed by atoms with Crippen molar-refractivity contribution < 1.29 is 17.5 Å². The van der Waals surface area contributed by atoms with E-state index in [0.717, 1.165) is 23.6 Å². The molecule has 0 saturated carbocycles. The van der Waals surface area contributed by atoms with Gasteiger partial charge in [0.05, 0.1) is 12.5 Å². The van der Waals surface area contributed by atoms with E-state index in [1.165, 1.54) is 0 Å². The fourth-order valence-corrected chi connectivity index (χ4v) is 1.82. The molecule has 0 aromatic rings. The summed E-state index contributed by atoms with van der Waals surface area (Å²) in [5, 5.41) is 0. The molecule has 0 amide bonds. The third kappa shape index (κ3) is 7.57. The average Bonchev–Trinajstić information content (AvgIpc) is 2.03. The molecule has 5 nitrogen and oxygen atoms in total. The number of piperidine rings is 1. The van der Waals surface area contributed by atoms with Gasteiger partial charge in [0, 0.05) is 13.1 Å². The first kappa shape index (κ1) is 14.2. The molecule has 0 bridgehead atoms. The Morgan fingerprint density at radius 2 is 1.57 bits per heavy atom. The standard InChI is InChI=1S/C5H11NO3S.C2H6OS/c7-10(8,9)6-4-2-1-3-5-6;1-4(2)3/h1-5H2,(H,7,8,9);1-2H3. The molecular weight excluding hydrogens is 226 g/mol. The van der Waals surface area contributed by atoms with Gasteiger partial charge in [0.15, 0.2) is 0 Å². The van der Waals surface area contributed by atoms with Crippen LogP contribution < -0.4 is 0 Å².